The molecule has 0 aromatic heterocycles. The second-order valence-corrected chi connectivity index (χ2v) is 7.76. The van der Waals surface area contributed by atoms with Crippen LogP contribution >= 0.6 is 0 Å². The molecule has 26 heavy (non-hydrogen) atoms. The lowest BCUT2D eigenvalue weighted by Crippen LogP contribution is -2.27. The molecule has 0 aliphatic heterocycles. The molecular formula is C19H24N2O4S. The number of aromatic carboxylic acids is 1. The van der Waals surface area contributed by atoms with E-state index in [0.717, 1.165) is 18.4 Å². The fourth-order valence-electron chi connectivity index (χ4n) is 2.53. The van der Waals surface area contributed by atoms with E-state index in [4.69, 9.17) is 0 Å². The van der Waals surface area contributed by atoms with Crippen LogP contribution in [0.2, 0.25) is 0 Å². The Morgan fingerprint density at radius 3 is 2.46 bits per heavy atom. The Balaban J connectivity index is 2.25. The summed E-state index contributed by atoms with van der Waals surface area (Å²) in [5.41, 5.74) is 1.18. The molecule has 2 rings (SSSR count). The van der Waals surface area contributed by atoms with Gasteiger partial charge in [-0.2, -0.15) is 0 Å². The van der Waals surface area contributed by atoms with Gasteiger partial charge < -0.3 is 10.4 Å². The number of benzene rings is 2. The number of sulfonamides is 1. The van der Waals surface area contributed by atoms with E-state index >= 15 is 0 Å². The minimum atomic E-state index is -3.85. The lowest BCUT2D eigenvalue weighted by Gasteiger charge is -2.16. The Hall–Kier alpha value is -2.38. The monoisotopic (exact) mass is 376 g/mol. The molecule has 0 aliphatic rings. The lowest BCUT2D eigenvalue weighted by atomic mass is 10.1. The highest BCUT2D eigenvalue weighted by Crippen LogP contribution is 2.23. The van der Waals surface area contributed by atoms with Gasteiger partial charge in [0.05, 0.1) is 10.5 Å². The summed E-state index contributed by atoms with van der Waals surface area (Å²) >= 11 is 0. The van der Waals surface area contributed by atoms with Gasteiger partial charge in [-0.05, 0) is 37.1 Å². The minimum absolute atomic E-state index is 0.0589. The third kappa shape index (κ3) is 5.06. The molecule has 0 fully saturated rings. The average molecular weight is 376 g/mol. The number of carbonyl (C=O) groups is 1. The molecule has 7 heteroatoms. The van der Waals surface area contributed by atoms with E-state index < -0.39 is 22.0 Å². The Kier molecular flexibility index (Phi) is 6.76. The van der Waals surface area contributed by atoms with E-state index in [1.54, 1.807) is 6.92 Å². The van der Waals surface area contributed by atoms with E-state index in [1.807, 2.05) is 37.3 Å². The molecule has 140 valence electrons. The highest BCUT2D eigenvalue weighted by Gasteiger charge is 2.21. The predicted octanol–water partition coefficient (Wildman–Crippen LogP) is 3.64. The number of carboxylic acids is 1. The van der Waals surface area contributed by atoms with Gasteiger partial charge in [0.1, 0.15) is 0 Å². The molecule has 0 unspecified atom stereocenters. The summed E-state index contributed by atoms with van der Waals surface area (Å²) in [6.45, 7) is 4.41. The first-order valence-electron chi connectivity index (χ1n) is 8.53. The molecule has 3 N–H and O–H groups in total. The minimum Gasteiger partial charge on any atom is -0.478 e. The number of hydrogen-bond acceptors (Lipinski definition) is 4. The van der Waals surface area contributed by atoms with Crippen molar-refractivity contribution in [3.8, 4) is 0 Å². The Morgan fingerprint density at radius 2 is 1.85 bits per heavy atom. The van der Waals surface area contributed by atoms with Gasteiger partial charge in [0.15, 0.2) is 0 Å². The molecule has 0 amide bonds. The molecule has 2 aromatic rings. The first-order chi connectivity index (χ1) is 12.3. The van der Waals surface area contributed by atoms with Gasteiger partial charge in [-0.25, -0.2) is 17.9 Å². The zero-order valence-corrected chi connectivity index (χ0v) is 15.7. The van der Waals surface area contributed by atoms with E-state index in [2.05, 4.69) is 10.0 Å². The van der Waals surface area contributed by atoms with Gasteiger partial charge in [0.2, 0.25) is 10.0 Å². The van der Waals surface area contributed by atoms with Crippen LogP contribution in [-0.4, -0.2) is 26.0 Å². The topological polar surface area (TPSA) is 95.5 Å². The predicted molar refractivity (Wildman–Crippen MR) is 102 cm³/mol. The van der Waals surface area contributed by atoms with Gasteiger partial charge in [-0.3, -0.25) is 0 Å². The fraction of sp³-hybridized carbons (Fsp3) is 0.316. The molecule has 6 nitrogen and oxygen atoms in total. The molecule has 0 saturated carbocycles. The highest BCUT2D eigenvalue weighted by atomic mass is 32.2. The molecule has 2 aromatic carbocycles. The van der Waals surface area contributed by atoms with Crippen molar-refractivity contribution in [1.29, 1.82) is 0 Å². The summed E-state index contributed by atoms with van der Waals surface area (Å²) in [6.07, 6.45) is 1.87. The summed E-state index contributed by atoms with van der Waals surface area (Å²) in [5.74, 6) is -1.17. The molecule has 0 spiro atoms. The van der Waals surface area contributed by atoms with E-state index in [1.165, 1.54) is 18.2 Å². The maximum atomic E-state index is 12.6. The number of unbranched alkanes of at least 4 members (excludes halogenated alkanes) is 1. The van der Waals surface area contributed by atoms with Crippen LogP contribution in [0.15, 0.2) is 53.4 Å². The number of carboxylic acid groups (broad SMARTS) is 1. The standard InChI is InChI=1S/C19H24N2O4S/c1-3-4-12-20-18-11-10-16(13-17(18)19(22)23)26(24,25)21-14(2)15-8-6-5-7-9-15/h5-11,13-14,20-21H,3-4,12H2,1-2H3,(H,22,23)/t14-/m0/s1. The van der Waals surface area contributed by atoms with Crippen molar-refractivity contribution < 1.29 is 18.3 Å². The van der Waals surface area contributed by atoms with E-state index in [9.17, 15) is 18.3 Å². The normalized spacial score (nSPS) is 12.5. The SMILES string of the molecule is CCCCNc1ccc(S(=O)(=O)N[C@@H](C)c2ccccc2)cc1C(=O)O. The lowest BCUT2D eigenvalue weighted by molar-refractivity contribution is 0.0697. The van der Waals surface area contributed by atoms with Crippen LogP contribution in [0.5, 0.6) is 0 Å². The van der Waals surface area contributed by atoms with Gasteiger partial charge >= 0.3 is 5.97 Å². The number of anilines is 1. The number of nitrogens with one attached hydrogen (secondary N) is 2. The fourth-order valence-corrected chi connectivity index (χ4v) is 3.79. The maximum absolute atomic E-state index is 12.6. The highest BCUT2D eigenvalue weighted by molar-refractivity contribution is 7.89. The van der Waals surface area contributed by atoms with Crippen molar-refractivity contribution in [2.24, 2.45) is 0 Å². The zero-order chi connectivity index (χ0) is 19.2. The molecule has 0 heterocycles. The first kappa shape index (κ1) is 19.9. The number of rotatable bonds is 9. The third-order valence-corrected chi connectivity index (χ3v) is 5.55. The van der Waals surface area contributed by atoms with Crippen molar-refractivity contribution >= 4 is 21.7 Å². The van der Waals surface area contributed by atoms with Crippen LogP contribution in [0.25, 0.3) is 0 Å². The molecule has 0 aliphatic carbocycles. The second-order valence-electron chi connectivity index (χ2n) is 6.05. The largest absolute Gasteiger partial charge is 0.478 e. The molecule has 0 saturated heterocycles. The van der Waals surface area contributed by atoms with Crippen molar-refractivity contribution in [2.75, 3.05) is 11.9 Å². The van der Waals surface area contributed by atoms with Crippen molar-refractivity contribution in [3.05, 3.63) is 59.7 Å². The molecular weight excluding hydrogens is 352 g/mol. The van der Waals surface area contributed by atoms with Crippen LogP contribution in [-0.2, 0) is 10.0 Å². The summed E-state index contributed by atoms with van der Waals surface area (Å²) in [7, 11) is -3.85. The van der Waals surface area contributed by atoms with Gasteiger partial charge in [0, 0.05) is 18.3 Å². The second kappa shape index (κ2) is 8.82. The Morgan fingerprint density at radius 1 is 1.15 bits per heavy atom. The summed E-state index contributed by atoms with van der Waals surface area (Å²) in [6, 6.07) is 12.9. The molecule has 1 atom stereocenters. The molecule has 0 bridgehead atoms. The first-order valence-corrected chi connectivity index (χ1v) is 10.0. The maximum Gasteiger partial charge on any atom is 0.337 e. The van der Waals surface area contributed by atoms with Crippen molar-refractivity contribution in [3.63, 3.8) is 0 Å². The van der Waals surface area contributed by atoms with Crippen LogP contribution in [0.1, 0.15) is 48.7 Å². The summed E-state index contributed by atoms with van der Waals surface area (Å²) in [5, 5.41) is 12.5. The number of hydrogen-bond donors (Lipinski definition) is 3. The smallest absolute Gasteiger partial charge is 0.337 e. The van der Waals surface area contributed by atoms with E-state index in [-0.39, 0.29) is 10.5 Å². The van der Waals surface area contributed by atoms with E-state index in [0.29, 0.717) is 12.2 Å². The Bertz CT molecular complexity index is 851. The summed E-state index contributed by atoms with van der Waals surface area (Å²) in [4.78, 5) is 11.5. The average Bonchev–Trinajstić information content (AvgIpc) is 2.62. The Labute approximate surface area is 154 Å². The summed E-state index contributed by atoms with van der Waals surface area (Å²) < 4.78 is 27.9. The van der Waals surface area contributed by atoms with Crippen LogP contribution in [0, 0.1) is 0 Å². The van der Waals surface area contributed by atoms with Crippen LogP contribution in [0.4, 0.5) is 5.69 Å². The molecule has 0 radical (unpaired) electrons. The van der Waals surface area contributed by atoms with Crippen molar-refractivity contribution in [1.82, 2.24) is 4.72 Å². The quantitative estimate of drug-likeness (QED) is 0.581. The van der Waals surface area contributed by atoms with Gasteiger partial charge in [-0.1, -0.05) is 43.7 Å². The van der Waals surface area contributed by atoms with Gasteiger partial charge in [0.25, 0.3) is 0 Å². The zero-order valence-electron chi connectivity index (χ0n) is 14.9. The third-order valence-electron chi connectivity index (χ3n) is 4.01. The van der Waals surface area contributed by atoms with Crippen LogP contribution < -0.4 is 10.0 Å². The van der Waals surface area contributed by atoms with Crippen molar-refractivity contribution in [2.45, 2.75) is 37.6 Å². The van der Waals surface area contributed by atoms with Crippen LogP contribution in [0.3, 0.4) is 0 Å². The van der Waals surface area contributed by atoms with Gasteiger partial charge in [-0.15, -0.1) is 0 Å².